The van der Waals surface area contributed by atoms with Crippen LogP contribution in [0.3, 0.4) is 0 Å². The Hall–Kier alpha value is -1.88. The Bertz CT molecular complexity index is 553. The molecular formula is C17H23N3O2. The summed E-state index contributed by atoms with van der Waals surface area (Å²) in [4.78, 5) is 25.9. The van der Waals surface area contributed by atoms with Gasteiger partial charge in [0.1, 0.15) is 0 Å². The van der Waals surface area contributed by atoms with Crippen LogP contribution in [0.5, 0.6) is 0 Å². The van der Waals surface area contributed by atoms with Gasteiger partial charge >= 0.3 is 0 Å². The molecule has 1 atom stereocenters. The first-order valence-corrected chi connectivity index (χ1v) is 8.14. The van der Waals surface area contributed by atoms with Crippen LogP contribution in [0, 0.1) is 5.92 Å². The zero-order chi connectivity index (χ0) is 15.4. The molecule has 1 aromatic rings. The summed E-state index contributed by atoms with van der Waals surface area (Å²) in [6.07, 6.45) is 4.09. The Kier molecular flexibility index (Phi) is 4.73. The molecule has 0 aromatic heterocycles. The molecule has 2 saturated heterocycles. The third-order valence-electron chi connectivity index (χ3n) is 4.48. The first-order chi connectivity index (χ1) is 10.7. The molecule has 0 radical (unpaired) electrons. The van der Waals surface area contributed by atoms with Crippen molar-refractivity contribution in [1.29, 1.82) is 0 Å². The van der Waals surface area contributed by atoms with Crippen LogP contribution >= 0.6 is 0 Å². The molecule has 2 fully saturated rings. The van der Waals surface area contributed by atoms with E-state index in [4.69, 9.17) is 0 Å². The van der Waals surface area contributed by atoms with Gasteiger partial charge in [0, 0.05) is 19.4 Å². The van der Waals surface area contributed by atoms with Gasteiger partial charge < -0.3 is 15.5 Å². The van der Waals surface area contributed by atoms with Crippen molar-refractivity contribution in [2.45, 2.75) is 32.1 Å². The van der Waals surface area contributed by atoms with E-state index >= 15 is 0 Å². The minimum Gasteiger partial charge on any atom is -0.324 e. The zero-order valence-electron chi connectivity index (χ0n) is 12.8. The quantitative estimate of drug-likeness (QED) is 0.876. The largest absolute Gasteiger partial charge is 0.324 e. The van der Waals surface area contributed by atoms with Crippen LogP contribution in [0.1, 0.15) is 32.1 Å². The van der Waals surface area contributed by atoms with Crippen molar-refractivity contribution >= 4 is 23.2 Å². The number of rotatable bonds is 5. The third kappa shape index (κ3) is 3.47. The molecule has 3 rings (SSSR count). The molecule has 2 aliphatic heterocycles. The number of para-hydroxylation sites is 2. The number of hydrogen-bond acceptors (Lipinski definition) is 3. The fourth-order valence-corrected chi connectivity index (χ4v) is 3.23. The van der Waals surface area contributed by atoms with E-state index in [0.29, 0.717) is 18.8 Å². The predicted molar refractivity (Wildman–Crippen MR) is 86.9 cm³/mol. The minimum absolute atomic E-state index is 0.0333. The van der Waals surface area contributed by atoms with Crippen LogP contribution < -0.4 is 15.5 Å². The lowest BCUT2D eigenvalue weighted by atomic mass is 10.0. The highest BCUT2D eigenvalue weighted by molar-refractivity contribution is 6.02. The van der Waals surface area contributed by atoms with Gasteiger partial charge in [-0.1, -0.05) is 12.1 Å². The molecule has 2 heterocycles. The van der Waals surface area contributed by atoms with Crippen molar-refractivity contribution in [2.75, 3.05) is 29.9 Å². The highest BCUT2D eigenvalue weighted by atomic mass is 16.2. The number of carbonyl (C=O) groups is 2. The Balaban J connectivity index is 1.61. The summed E-state index contributed by atoms with van der Waals surface area (Å²) in [5, 5.41) is 6.30. The maximum absolute atomic E-state index is 12.2. The molecule has 118 valence electrons. The minimum atomic E-state index is 0.0333. The van der Waals surface area contributed by atoms with E-state index in [1.54, 1.807) is 4.90 Å². The lowest BCUT2D eigenvalue weighted by molar-refractivity contribution is -0.117. The van der Waals surface area contributed by atoms with Crippen LogP contribution in [0.2, 0.25) is 0 Å². The van der Waals surface area contributed by atoms with Gasteiger partial charge in [-0.3, -0.25) is 9.59 Å². The molecular weight excluding hydrogens is 278 g/mol. The SMILES string of the molecule is O=C(CCC1CCNC1)Nc1ccccc1N1CCCC1=O. The topological polar surface area (TPSA) is 61.4 Å². The Morgan fingerprint density at radius 1 is 1.36 bits per heavy atom. The second kappa shape index (κ2) is 6.92. The summed E-state index contributed by atoms with van der Waals surface area (Å²) in [6.45, 7) is 2.82. The number of benzene rings is 1. The summed E-state index contributed by atoms with van der Waals surface area (Å²) >= 11 is 0. The van der Waals surface area contributed by atoms with Crippen LogP contribution in [-0.2, 0) is 9.59 Å². The molecule has 2 amide bonds. The normalized spacial score (nSPS) is 21.4. The molecule has 0 spiro atoms. The van der Waals surface area contributed by atoms with Crippen molar-refractivity contribution in [3.05, 3.63) is 24.3 Å². The monoisotopic (exact) mass is 301 g/mol. The predicted octanol–water partition coefficient (Wildman–Crippen LogP) is 2.14. The second-order valence-corrected chi connectivity index (χ2v) is 6.11. The second-order valence-electron chi connectivity index (χ2n) is 6.11. The molecule has 1 aromatic carbocycles. The number of nitrogens with one attached hydrogen (secondary N) is 2. The lowest BCUT2D eigenvalue weighted by Crippen LogP contribution is -2.25. The van der Waals surface area contributed by atoms with Gasteiger partial charge in [0.25, 0.3) is 0 Å². The van der Waals surface area contributed by atoms with Crippen LogP contribution in [0.15, 0.2) is 24.3 Å². The van der Waals surface area contributed by atoms with Crippen molar-refractivity contribution in [2.24, 2.45) is 5.92 Å². The maximum Gasteiger partial charge on any atom is 0.227 e. The van der Waals surface area contributed by atoms with Crippen LogP contribution in [0.25, 0.3) is 0 Å². The summed E-state index contributed by atoms with van der Waals surface area (Å²) in [7, 11) is 0. The third-order valence-corrected chi connectivity index (χ3v) is 4.48. The summed E-state index contributed by atoms with van der Waals surface area (Å²) in [6, 6.07) is 7.57. The highest BCUT2D eigenvalue weighted by Crippen LogP contribution is 2.29. The average Bonchev–Trinajstić information content (AvgIpc) is 3.17. The Morgan fingerprint density at radius 2 is 2.23 bits per heavy atom. The Labute approximate surface area is 131 Å². The summed E-state index contributed by atoms with van der Waals surface area (Å²) in [5.41, 5.74) is 1.56. The fraction of sp³-hybridized carbons (Fsp3) is 0.529. The van der Waals surface area contributed by atoms with Crippen molar-refractivity contribution in [3.8, 4) is 0 Å². The fourth-order valence-electron chi connectivity index (χ4n) is 3.23. The number of carbonyl (C=O) groups excluding carboxylic acids is 2. The van der Waals surface area contributed by atoms with Crippen molar-refractivity contribution in [1.82, 2.24) is 5.32 Å². The molecule has 5 heteroatoms. The zero-order valence-corrected chi connectivity index (χ0v) is 12.8. The molecule has 2 aliphatic rings. The van der Waals surface area contributed by atoms with E-state index in [2.05, 4.69) is 10.6 Å². The van der Waals surface area contributed by atoms with E-state index < -0.39 is 0 Å². The molecule has 1 unspecified atom stereocenters. The standard InChI is InChI=1S/C17H23N3O2/c21-16(8-7-13-9-10-18-12-13)19-14-4-1-2-5-15(14)20-11-3-6-17(20)22/h1-2,4-5,13,18H,3,6-12H2,(H,19,21). The summed E-state index contributed by atoms with van der Waals surface area (Å²) in [5.74, 6) is 0.783. The maximum atomic E-state index is 12.2. The van der Waals surface area contributed by atoms with E-state index in [1.165, 1.54) is 0 Å². The van der Waals surface area contributed by atoms with Gasteiger partial charge in [-0.2, -0.15) is 0 Å². The number of nitrogens with zero attached hydrogens (tertiary/aromatic N) is 1. The van der Waals surface area contributed by atoms with E-state index in [9.17, 15) is 9.59 Å². The van der Waals surface area contributed by atoms with E-state index in [1.807, 2.05) is 24.3 Å². The van der Waals surface area contributed by atoms with E-state index in [0.717, 1.165) is 50.3 Å². The smallest absolute Gasteiger partial charge is 0.227 e. The van der Waals surface area contributed by atoms with Crippen molar-refractivity contribution in [3.63, 3.8) is 0 Å². The molecule has 5 nitrogen and oxygen atoms in total. The van der Waals surface area contributed by atoms with Gasteiger partial charge in [0.2, 0.25) is 11.8 Å². The van der Waals surface area contributed by atoms with Gasteiger partial charge in [-0.05, 0) is 50.4 Å². The van der Waals surface area contributed by atoms with Crippen LogP contribution in [-0.4, -0.2) is 31.4 Å². The van der Waals surface area contributed by atoms with E-state index in [-0.39, 0.29) is 11.8 Å². The number of amides is 2. The number of hydrogen-bond donors (Lipinski definition) is 2. The highest BCUT2D eigenvalue weighted by Gasteiger charge is 2.24. The first-order valence-electron chi connectivity index (χ1n) is 8.14. The van der Waals surface area contributed by atoms with Crippen molar-refractivity contribution < 1.29 is 9.59 Å². The molecule has 0 aliphatic carbocycles. The molecule has 2 N–H and O–H groups in total. The number of anilines is 2. The molecule has 0 bridgehead atoms. The average molecular weight is 301 g/mol. The molecule has 0 saturated carbocycles. The molecule has 22 heavy (non-hydrogen) atoms. The first kappa shape index (κ1) is 15.0. The van der Waals surface area contributed by atoms with Gasteiger partial charge in [-0.25, -0.2) is 0 Å². The summed E-state index contributed by atoms with van der Waals surface area (Å²) < 4.78 is 0. The lowest BCUT2D eigenvalue weighted by Gasteiger charge is -2.20. The van der Waals surface area contributed by atoms with Gasteiger partial charge in [0.05, 0.1) is 11.4 Å². The van der Waals surface area contributed by atoms with Gasteiger partial charge in [-0.15, -0.1) is 0 Å². The Morgan fingerprint density at radius 3 is 2.95 bits per heavy atom. The van der Waals surface area contributed by atoms with Gasteiger partial charge in [0.15, 0.2) is 0 Å². The van der Waals surface area contributed by atoms with Crippen LogP contribution in [0.4, 0.5) is 11.4 Å².